The molecule has 0 spiro atoms. The molecule has 0 unspecified atom stereocenters. The largest absolute Gasteiger partial charge is 0.290 e. The van der Waals surface area contributed by atoms with Crippen molar-refractivity contribution in [1.29, 1.82) is 0 Å². The van der Waals surface area contributed by atoms with Gasteiger partial charge in [-0.2, -0.15) is 0 Å². The van der Waals surface area contributed by atoms with E-state index < -0.39 is 5.91 Å². The lowest BCUT2D eigenvalue weighted by Crippen LogP contribution is -2.30. The molecule has 0 fully saturated rings. The summed E-state index contributed by atoms with van der Waals surface area (Å²) in [6.07, 6.45) is 4.43. The van der Waals surface area contributed by atoms with E-state index in [-0.39, 0.29) is 5.57 Å². The van der Waals surface area contributed by atoms with Crippen LogP contribution in [0.15, 0.2) is 25.2 Å². The zero-order chi connectivity index (χ0) is 8.97. The van der Waals surface area contributed by atoms with Gasteiger partial charge in [0, 0.05) is 12.4 Å². The number of amides is 1. The van der Waals surface area contributed by atoms with E-state index in [0.717, 1.165) is 0 Å². The molecule has 62 valence electrons. The van der Waals surface area contributed by atoms with Crippen molar-refractivity contribution in [2.45, 2.75) is 0 Å². The van der Waals surface area contributed by atoms with E-state index >= 15 is 0 Å². The molecule has 12 heavy (non-hydrogen) atoms. The van der Waals surface area contributed by atoms with E-state index in [1.165, 1.54) is 18.6 Å². The van der Waals surface area contributed by atoms with E-state index in [1.54, 1.807) is 0 Å². The van der Waals surface area contributed by atoms with Gasteiger partial charge in [-0.15, -0.1) is 0 Å². The third-order valence-electron chi connectivity index (χ3n) is 1.28. The van der Waals surface area contributed by atoms with Gasteiger partial charge in [0.1, 0.15) is 0 Å². The van der Waals surface area contributed by atoms with Crippen molar-refractivity contribution in [3.05, 3.63) is 30.9 Å². The summed E-state index contributed by atoms with van der Waals surface area (Å²) in [6.45, 7) is 3.50. The molecule has 3 N–H and O–H groups in total. The van der Waals surface area contributed by atoms with Crippen LogP contribution in [0.1, 0.15) is 5.69 Å². The molecule has 0 bridgehead atoms. The molecule has 0 aliphatic heterocycles. The maximum absolute atomic E-state index is 10.9. The fourth-order valence-corrected chi connectivity index (χ4v) is 0.658. The maximum Gasteiger partial charge on any atom is 0.266 e. The number of hydrazine groups is 1. The Morgan fingerprint density at radius 2 is 2.33 bits per heavy atom. The molecular weight excluding hydrogens is 156 g/mol. The third kappa shape index (κ3) is 1.64. The summed E-state index contributed by atoms with van der Waals surface area (Å²) in [5, 5.41) is 0. The van der Waals surface area contributed by atoms with Crippen LogP contribution in [0.4, 0.5) is 0 Å². The Morgan fingerprint density at radius 3 is 2.83 bits per heavy atom. The van der Waals surface area contributed by atoms with Crippen molar-refractivity contribution < 1.29 is 4.79 Å². The summed E-state index contributed by atoms with van der Waals surface area (Å²) in [7, 11) is 0. The molecular formula is C7H8N4O. The predicted molar refractivity (Wildman–Crippen MR) is 43.4 cm³/mol. The Morgan fingerprint density at radius 1 is 1.58 bits per heavy atom. The molecule has 0 atom stereocenters. The third-order valence-corrected chi connectivity index (χ3v) is 1.28. The number of nitrogens with one attached hydrogen (secondary N) is 1. The Hall–Kier alpha value is -1.75. The SMILES string of the molecule is C=C(C(=O)NN)c1cnccn1. The highest BCUT2D eigenvalue weighted by molar-refractivity contribution is 6.17. The lowest BCUT2D eigenvalue weighted by atomic mass is 10.2. The number of nitrogens with two attached hydrogens (primary N) is 1. The van der Waals surface area contributed by atoms with Gasteiger partial charge in [0.05, 0.1) is 17.5 Å². The van der Waals surface area contributed by atoms with Crippen LogP contribution >= 0.6 is 0 Å². The first-order chi connectivity index (χ1) is 5.75. The van der Waals surface area contributed by atoms with Gasteiger partial charge in [-0.1, -0.05) is 6.58 Å². The molecule has 5 nitrogen and oxygen atoms in total. The van der Waals surface area contributed by atoms with Crippen LogP contribution in [-0.2, 0) is 4.79 Å². The van der Waals surface area contributed by atoms with Gasteiger partial charge in [-0.25, -0.2) is 5.84 Å². The molecule has 1 amide bonds. The zero-order valence-corrected chi connectivity index (χ0v) is 6.32. The smallest absolute Gasteiger partial charge is 0.266 e. The monoisotopic (exact) mass is 164 g/mol. The van der Waals surface area contributed by atoms with Gasteiger partial charge in [0.25, 0.3) is 5.91 Å². The minimum atomic E-state index is -0.462. The first-order valence-electron chi connectivity index (χ1n) is 3.22. The van der Waals surface area contributed by atoms with E-state index in [1.807, 2.05) is 5.43 Å². The predicted octanol–water partition coefficient (Wildman–Crippen LogP) is -0.520. The second kappa shape index (κ2) is 3.59. The number of carbonyl (C=O) groups excluding carboxylic acids is 1. The number of rotatable bonds is 2. The highest BCUT2D eigenvalue weighted by atomic mass is 16.2. The average Bonchev–Trinajstić information content (AvgIpc) is 2.17. The Labute approximate surface area is 69.3 Å². The zero-order valence-electron chi connectivity index (χ0n) is 6.32. The summed E-state index contributed by atoms with van der Waals surface area (Å²) >= 11 is 0. The quantitative estimate of drug-likeness (QED) is 0.267. The standard InChI is InChI=1S/C7H8N4O/c1-5(7(12)11-8)6-4-9-2-3-10-6/h2-4H,1,8H2,(H,11,12). The van der Waals surface area contributed by atoms with Gasteiger partial charge in [-0.05, 0) is 0 Å². The summed E-state index contributed by atoms with van der Waals surface area (Å²) in [4.78, 5) is 18.6. The molecule has 1 aromatic rings. The molecule has 0 saturated heterocycles. The first-order valence-corrected chi connectivity index (χ1v) is 3.22. The lowest BCUT2D eigenvalue weighted by Gasteiger charge is -2.00. The Kier molecular flexibility index (Phi) is 2.49. The van der Waals surface area contributed by atoms with Crippen LogP contribution < -0.4 is 11.3 Å². The van der Waals surface area contributed by atoms with Crippen LogP contribution in [0.5, 0.6) is 0 Å². The van der Waals surface area contributed by atoms with E-state index in [2.05, 4.69) is 16.5 Å². The normalized spacial score (nSPS) is 9.08. The van der Waals surface area contributed by atoms with Gasteiger partial charge < -0.3 is 0 Å². The second-order valence-electron chi connectivity index (χ2n) is 2.04. The molecule has 0 aliphatic carbocycles. The topological polar surface area (TPSA) is 80.9 Å². The minimum Gasteiger partial charge on any atom is -0.290 e. The highest BCUT2D eigenvalue weighted by Crippen LogP contribution is 2.05. The van der Waals surface area contributed by atoms with Crippen molar-refractivity contribution >= 4 is 11.5 Å². The van der Waals surface area contributed by atoms with Crippen LogP contribution in [0.2, 0.25) is 0 Å². The number of aromatic nitrogens is 2. The molecule has 0 radical (unpaired) electrons. The second-order valence-corrected chi connectivity index (χ2v) is 2.04. The fourth-order valence-electron chi connectivity index (χ4n) is 0.658. The maximum atomic E-state index is 10.9. The van der Waals surface area contributed by atoms with Crippen molar-refractivity contribution in [3.63, 3.8) is 0 Å². The van der Waals surface area contributed by atoms with Crippen LogP contribution in [-0.4, -0.2) is 15.9 Å². The Bertz CT molecular complexity index is 296. The van der Waals surface area contributed by atoms with Crippen LogP contribution in [0.3, 0.4) is 0 Å². The first kappa shape index (κ1) is 8.35. The van der Waals surface area contributed by atoms with Crippen LogP contribution in [0, 0.1) is 0 Å². The summed E-state index contributed by atoms with van der Waals surface area (Å²) in [5.41, 5.74) is 2.57. The highest BCUT2D eigenvalue weighted by Gasteiger charge is 2.07. The molecule has 1 rings (SSSR count). The average molecular weight is 164 g/mol. The van der Waals surface area contributed by atoms with Gasteiger partial charge >= 0.3 is 0 Å². The molecule has 5 heteroatoms. The molecule has 0 saturated carbocycles. The molecule has 1 heterocycles. The number of hydrogen-bond acceptors (Lipinski definition) is 4. The van der Waals surface area contributed by atoms with Crippen molar-refractivity contribution in [2.75, 3.05) is 0 Å². The van der Waals surface area contributed by atoms with E-state index in [9.17, 15) is 4.79 Å². The van der Waals surface area contributed by atoms with Gasteiger partial charge in [0.2, 0.25) is 0 Å². The van der Waals surface area contributed by atoms with E-state index in [4.69, 9.17) is 5.84 Å². The van der Waals surface area contributed by atoms with Crippen LogP contribution in [0.25, 0.3) is 5.57 Å². The summed E-state index contributed by atoms with van der Waals surface area (Å²) in [5.74, 6) is 4.44. The molecule has 0 aromatic carbocycles. The molecule has 0 aliphatic rings. The summed E-state index contributed by atoms with van der Waals surface area (Å²) in [6, 6.07) is 0. The van der Waals surface area contributed by atoms with Crippen molar-refractivity contribution in [2.24, 2.45) is 5.84 Å². The number of carbonyl (C=O) groups is 1. The lowest BCUT2D eigenvalue weighted by molar-refractivity contribution is -0.115. The Balaban J connectivity index is 2.86. The summed E-state index contributed by atoms with van der Waals surface area (Å²) < 4.78 is 0. The number of hydrogen-bond donors (Lipinski definition) is 2. The van der Waals surface area contributed by atoms with Crippen molar-refractivity contribution in [3.8, 4) is 0 Å². The van der Waals surface area contributed by atoms with Gasteiger partial charge in [0.15, 0.2) is 0 Å². The number of nitrogens with zero attached hydrogens (tertiary/aromatic N) is 2. The van der Waals surface area contributed by atoms with E-state index in [0.29, 0.717) is 5.69 Å². The minimum absolute atomic E-state index is 0.200. The molecule has 1 aromatic heterocycles. The fraction of sp³-hybridized carbons (Fsp3) is 0. The van der Waals surface area contributed by atoms with Gasteiger partial charge in [-0.3, -0.25) is 20.2 Å². The van der Waals surface area contributed by atoms with Crippen molar-refractivity contribution in [1.82, 2.24) is 15.4 Å².